The summed E-state index contributed by atoms with van der Waals surface area (Å²) >= 11 is 0. The van der Waals surface area contributed by atoms with Crippen molar-refractivity contribution in [2.75, 3.05) is 36.0 Å². The number of alkyl halides is 3. The zero-order valence-corrected chi connectivity index (χ0v) is 15.7. The van der Waals surface area contributed by atoms with Gasteiger partial charge in [0.2, 0.25) is 0 Å². The largest absolute Gasteiger partial charge is 0.434 e. The lowest BCUT2D eigenvalue weighted by molar-refractivity contribution is -0.140. The van der Waals surface area contributed by atoms with Crippen molar-refractivity contribution in [1.29, 1.82) is 0 Å². The molecular weight excluding hydrogens is 383 g/mol. The Hall–Kier alpha value is -2.91. The van der Waals surface area contributed by atoms with Gasteiger partial charge >= 0.3 is 6.18 Å². The molecule has 0 aromatic carbocycles. The molecule has 2 aliphatic rings. The number of rotatable bonds is 3. The van der Waals surface area contributed by atoms with Gasteiger partial charge in [-0.15, -0.1) is 0 Å². The Balaban J connectivity index is 1.34. The lowest BCUT2D eigenvalue weighted by Gasteiger charge is -2.36. The molecule has 10 heteroatoms. The molecule has 3 aromatic rings. The first kappa shape index (κ1) is 18.1. The molecule has 7 nitrogen and oxygen atoms in total. The molecule has 3 aromatic heterocycles. The Kier molecular flexibility index (Phi) is 4.29. The maximum Gasteiger partial charge on any atom is 0.434 e. The second-order valence-corrected chi connectivity index (χ2v) is 7.51. The highest BCUT2D eigenvalue weighted by molar-refractivity contribution is 5.65. The predicted molar refractivity (Wildman–Crippen MR) is 101 cm³/mol. The van der Waals surface area contributed by atoms with Crippen LogP contribution in [0.25, 0.3) is 5.65 Å². The Morgan fingerprint density at radius 3 is 2.41 bits per heavy atom. The molecule has 5 rings (SSSR count). The van der Waals surface area contributed by atoms with Gasteiger partial charge in [0.1, 0.15) is 12.1 Å². The number of aromatic nitrogens is 5. The van der Waals surface area contributed by atoms with E-state index < -0.39 is 11.9 Å². The Morgan fingerprint density at radius 2 is 1.72 bits per heavy atom. The fraction of sp³-hybridized carbons (Fsp3) is 0.474. The van der Waals surface area contributed by atoms with E-state index in [9.17, 15) is 13.2 Å². The van der Waals surface area contributed by atoms with Crippen molar-refractivity contribution in [1.82, 2.24) is 24.3 Å². The highest BCUT2D eigenvalue weighted by atomic mass is 19.4. The zero-order chi connectivity index (χ0) is 20.0. The van der Waals surface area contributed by atoms with Gasteiger partial charge in [-0.25, -0.2) is 19.9 Å². The highest BCUT2D eigenvalue weighted by Crippen LogP contribution is 2.36. The molecule has 1 saturated heterocycles. The highest BCUT2D eigenvalue weighted by Gasteiger charge is 2.35. The van der Waals surface area contributed by atoms with E-state index in [0.29, 0.717) is 37.9 Å². The summed E-state index contributed by atoms with van der Waals surface area (Å²) in [5, 5.41) is 0. The van der Waals surface area contributed by atoms with Crippen molar-refractivity contribution >= 4 is 17.3 Å². The van der Waals surface area contributed by atoms with E-state index in [-0.39, 0.29) is 5.65 Å². The van der Waals surface area contributed by atoms with Crippen LogP contribution in [0, 0.1) is 0 Å². The Bertz CT molecular complexity index is 1020. The maximum atomic E-state index is 13.0. The fourth-order valence-corrected chi connectivity index (χ4v) is 3.87. The van der Waals surface area contributed by atoms with Crippen molar-refractivity contribution in [2.45, 2.75) is 31.4 Å². The first-order chi connectivity index (χ1) is 14.0. The second-order valence-electron chi connectivity index (χ2n) is 7.51. The van der Waals surface area contributed by atoms with Gasteiger partial charge in [0.15, 0.2) is 17.2 Å². The van der Waals surface area contributed by atoms with Crippen LogP contribution < -0.4 is 9.80 Å². The van der Waals surface area contributed by atoms with Gasteiger partial charge in [-0.3, -0.25) is 0 Å². The molecule has 29 heavy (non-hydrogen) atoms. The van der Waals surface area contributed by atoms with Crippen LogP contribution in [-0.4, -0.2) is 50.5 Å². The third kappa shape index (κ3) is 3.36. The molecule has 0 spiro atoms. The van der Waals surface area contributed by atoms with Crippen molar-refractivity contribution in [3.63, 3.8) is 0 Å². The summed E-state index contributed by atoms with van der Waals surface area (Å²) in [7, 11) is 0. The normalized spacial score (nSPS) is 18.3. The summed E-state index contributed by atoms with van der Waals surface area (Å²) in [6.07, 6.45) is 4.76. The first-order valence-electron chi connectivity index (χ1n) is 9.72. The van der Waals surface area contributed by atoms with Gasteiger partial charge in [0.25, 0.3) is 0 Å². The summed E-state index contributed by atoms with van der Waals surface area (Å²) in [4.78, 5) is 21.1. The van der Waals surface area contributed by atoms with Crippen molar-refractivity contribution in [3.05, 3.63) is 42.4 Å². The van der Waals surface area contributed by atoms with Crippen LogP contribution in [0.2, 0.25) is 0 Å². The SMILES string of the molecule is FC(F)(F)c1cn2ccnc(N3CCN(c4cc(C5CCC5)ncn4)CC3)c2n1. The number of halogens is 3. The van der Waals surface area contributed by atoms with Gasteiger partial charge in [-0.2, -0.15) is 13.2 Å². The number of imidazole rings is 1. The molecule has 152 valence electrons. The number of hydrogen-bond acceptors (Lipinski definition) is 6. The molecule has 1 aliphatic heterocycles. The molecule has 0 amide bonds. The van der Waals surface area contributed by atoms with Crippen LogP contribution in [0.4, 0.5) is 24.8 Å². The van der Waals surface area contributed by atoms with Crippen LogP contribution in [0.3, 0.4) is 0 Å². The molecule has 0 radical (unpaired) electrons. The molecule has 2 fully saturated rings. The number of fused-ring (bicyclic) bond motifs is 1. The maximum absolute atomic E-state index is 13.0. The Morgan fingerprint density at radius 1 is 0.966 bits per heavy atom. The molecule has 1 saturated carbocycles. The lowest BCUT2D eigenvalue weighted by Crippen LogP contribution is -2.47. The minimum atomic E-state index is -4.48. The monoisotopic (exact) mass is 403 g/mol. The fourth-order valence-electron chi connectivity index (χ4n) is 3.87. The van der Waals surface area contributed by atoms with E-state index >= 15 is 0 Å². The zero-order valence-electron chi connectivity index (χ0n) is 15.7. The number of piperazine rings is 1. The molecule has 1 aliphatic carbocycles. The van der Waals surface area contributed by atoms with Gasteiger partial charge in [-0.05, 0) is 12.8 Å². The van der Waals surface area contributed by atoms with Crippen LogP contribution in [0.15, 0.2) is 31.0 Å². The molecule has 4 heterocycles. The van der Waals surface area contributed by atoms with Gasteiger partial charge < -0.3 is 14.2 Å². The van der Waals surface area contributed by atoms with Crippen molar-refractivity contribution in [2.24, 2.45) is 0 Å². The van der Waals surface area contributed by atoms with Crippen LogP contribution in [0.5, 0.6) is 0 Å². The number of nitrogens with zero attached hydrogens (tertiary/aromatic N) is 7. The smallest absolute Gasteiger partial charge is 0.353 e. The van der Waals surface area contributed by atoms with Crippen molar-refractivity contribution in [3.8, 4) is 0 Å². The molecule has 0 N–H and O–H groups in total. The Labute approximate surface area is 165 Å². The quantitative estimate of drug-likeness (QED) is 0.670. The third-order valence-corrected chi connectivity index (χ3v) is 5.75. The molecule has 0 atom stereocenters. The van der Waals surface area contributed by atoms with Crippen LogP contribution in [0.1, 0.15) is 36.6 Å². The number of anilines is 2. The molecule has 0 unspecified atom stereocenters. The van der Waals surface area contributed by atoms with E-state index in [2.05, 4.69) is 30.9 Å². The van der Waals surface area contributed by atoms with Gasteiger partial charge in [-0.1, -0.05) is 6.42 Å². The number of hydrogen-bond donors (Lipinski definition) is 0. The predicted octanol–water partition coefficient (Wildman–Crippen LogP) is 3.13. The third-order valence-electron chi connectivity index (χ3n) is 5.75. The first-order valence-corrected chi connectivity index (χ1v) is 9.72. The molecule has 0 bridgehead atoms. The summed E-state index contributed by atoms with van der Waals surface area (Å²) in [6.45, 7) is 2.67. The average molecular weight is 403 g/mol. The van der Waals surface area contributed by atoms with Crippen LogP contribution in [-0.2, 0) is 6.18 Å². The van der Waals surface area contributed by atoms with E-state index in [1.165, 1.54) is 36.1 Å². The average Bonchev–Trinajstić information content (AvgIpc) is 3.12. The lowest BCUT2D eigenvalue weighted by atomic mass is 9.83. The van der Waals surface area contributed by atoms with E-state index in [1.807, 2.05) is 4.90 Å². The van der Waals surface area contributed by atoms with Gasteiger partial charge in [0.05, 0.1) is 0 Å². The summed E-state index contributed by atoms with van der Waals surface area (Å²) < 4.78 is 40.5. The standard InChI is InChI=1S/C19H20F3N7/c20-19(21,22)15-11-29-5-4-23-17(18(29)26-15)28-8-6-27(7-9-28)16-10-14(24-12-25-16)13-2-1-3-13/h4-5,10-13H,1-3,6-9H2. The molecular formula is C19H20F3N7. The van der Waals surface area contributed by atoms with Crippen LogP contribution >= 0.6 is 0 Å². The summed E-state index contributed by atoms with van der Waals surface area (Å²) in [6, 6.07) is 2.07. The van der Waals surface area contributed by atoms with E-state index in [0.717, 1.165) is 17.7 Å². The van der Waals surface area contributed by atoms with Crippen molar-refractivity contribution < 1.29 is 13.2 Å². The summed E-state index contributed by atoms with van der Waals surface area (Å²) in [5.74, 6) is 1.93. The summed E-state index contributed by atoms with van der Waals surface area (Å²) in [5.41, 5.74) is 0.421. The minimum Gasteiger partial charge on any atom is -0.353 e. The minimum absolute atomic E-state index is 0.225. The second kappa shape index (κ2) is 6.85. The topological polar surface area (TPSA) is 62.5 Å². The van der Waals surface area contributed by atoms with E-state index in [4.69, 9.17) is 0 Å². The van der Waals surface area contributed by atoms with E-state index in [1.54, 1.807) is 6.33 Å². The van der Waals surface area contributed by atoms with Gasteiger partial charge in [0, 0.05) is 62.4 Å².